The highest BCUT2D eigenvalue weighted by atomic mass is 79.9. The first-order chi connectivity index (χ1) is 14.3. The van der Waals surface area contributed by atoms with E-state index in [4.69, 9.17) is 14.2 Å². The molecule has 0 fully saturated rings. The molecule has 2 rings (SSSR count). The summed E-state index contributed by atoms with van der Waals surface area (Å²) in [6, 6.07) is 5.63. The van der Waals surface area contributed by atoms with Gasteiger partial charge in [-0.15, -0.1) is 0 Å². The molecule has 0 spiro atoms. The van der Waals surface area contributed by atoms with E-state index >= 15 is 0 Å². The normalized spacial score (nSPS) is 10.7. The summed E-state index contributed by atoms with van der Waals surface area (Å²) in [6.45, 7) is 1.60. The number of nitrogens with zero attached hydrogens (tertiary/aromatic N) is 3. The molecule has 0 radical (unpaired) electrons. The van der Waals surface area contributed by atoms with Crippen LogP contribution in [0, 0.1) is 18.3 Å². The van der Waals surface area contributed by atoms with Crippen LogP contribution in [0.25, 0.3) is 0 Å². The van der Waals surface area contributed by atoms with Crippen LogP contribution in [-0.2, 0) is 16.1 Å². The lowest BCUT2D eigenvalue weighted by Gasteiger charge is -2.13. The molecule has 8 nitrogen and oxygen atoms in total. The maximum Gasteiger partial charge on any atom is 0.278 e. The number of rotatable bonds is 8. The molecule has 0 unspecified atom stereocenters. The Bertz CT molecular complexity index is 999. The second-order valence-electron chi connectivity index (χ2n) is 5.81. The highest BCUT2D eigenvalue weighted by molar-refractivity contribution is 9.11. The van der Waals surface area contributed by atoms with E-state index in [0.29, 0.717) is 21.5 Å². The van der Waals surface area contributed by atoms with Crippen molar-refractivity contribution in [1.82, 2.24) is 10.4 Å². The Morgan fingerprint density at radius 2 is 1.97 bits per heavy atom. The highest BCUT2D eigenvalue weighted by Crippen LogP contribution is 2.34. The van der Waals surface area contributed by atoms with Gasteiger partial charge in [0.05, 0.1) is 34.6 Å². The first kappa shape index (κ1) is 24.3. The molecule has 1 aromatic carbocycles. The summed E-state index contributed by atoms with van der Waals surface area (Å²) in [6.07, 6.45) is 1.48. The Kier molecular flexibility index (Phi) is 9.23. The molecule has 0 aliphatic carbocycles. The van der Waals surface area contributed by atoms with Crippen LogP contribution < -0.4 is 14.9 Å². The number of aromatic nitrogens is 1. The molecule has 0 atom stereocenters. The number of hydrazone groups is 1. The van der Waals surface area contributed by atoms with E-state index in [1.807, 2.05) is 6.07 Å². The summed E-state index contributed by atoms with van der Waals surface area (Å²) >= 11 is 10.2. The van der Waals surface area contributed by atoms with Crippen LogP contribution in [-0.4, -0.2) is 37.9 Å². The Balaban J connectivity index is 2.05. The standard InChI is InChI=1S/C19H17Br3N4O4/c1-10-17(22)13(8-28-2)12(6-23)19(25-10)30-9-16(27)26-24-7-11-4-14(20)18(29-3)15(21)5-11/h4-5,7H,8-9H2,1-3H3,(H,26,27)/b24-7+. The summed E-state index contributed by atoms with van der Waals surface area (Å²) < 4.78 is 18.0. The molecule has 0 aliphatic heterocycles. The van der Waals surface area contributed by atoms with E-state index < -0.39 is 5.91 Å². The molecule has 1 amide bonds. The average Bonchev–Trinajstić information content (AvgIpc) is 2.70. The van der Waals surface area contributed by atoms with Crippen molar-refractivity contribution in [2.24, 2.45) is 5.10 Å². The zero-order chi connectivity index (χ0) is 22.3. The molecule has 0 saturated heterocycles. The largest absolute Gasteiger partial charge is 0.494 e. The van der Waals surface area contributed by atoms with Crippen molar-refractivity contribution < 1.29 is 19.0 Å². The third-order valence-electron chi connectivity index (χ3n) is 3.74. The van der Waals surface area contributed by atoms with Crippen LogP contribution in [0.1, 0.15) is 22.4 Å². The number of hydrogen-bond donors (Lipinski definition) is 1. The quantitative estimate of drug-likeness (QED) is 0.357. The van der Waals surface area contributed by atoms with Gasteiger partial charge >= 0.3 is 0 Å². The lowest BCUT2D eigenvalue weighted by molar-refractivity contribution is -0.123. The number of hydrogen-bond acceptors (Lipinski definition) is 7. The molecule has 1 aromatic heterocycles. The summed E-state index contributed by atoms with van der Waals surface area (Å²) in [5.41, 5.74) is 4.54. The molecular weight excluding hydrogens is 588 g/mol. The molecule has 30 heavy (non-hydrogen) atoms. The lowest BCUT2D eigenvalue weighted by Crippen LogP contribution is -2.25. The summed E-state index contributed by atoms with van der Waals surface area (Å²) in [7, 11) is 3.09. The molecule has 1 N–H and O–H groups in total. The minimum Gasteiger partial charge on any atom is -0.494 e. The number of ether oxygens (including phenoxy) is 3. The summed E-state index contributed by atoms with van der Waals surface area (Å²) in [5.74, 6) is 0.216. The molecule has 11 heteroatoms. The number of nitriles is 1. The first-order valence-corrected chi connectivity index (χ1v) is 10.8. The number of halogens is 3. The highest BCUT2D eigenvalue weighted by Gasteiger charge is 2.18. The van der Waals surface area contributed by atoms with Crippen molar-refractivity contribution in [2.75, 3.05) is 20.8 Å². The first-order valence-electron chi connectivity index (χ1n) is 8.38. The van der Waals surface area contributed by atoms with Crippen LogP contribution >= 0.6 is 47.8 Å². The third-order valence-corrected chi connectivity index (χ3v) is 5.97. The van der Waals surface area contributed by atoms with Gasteiger partial charge in [-0.25, -0.2) is 10.4 Å². The fourth-order valence-electron chi connectivity index (χ4n) is 2.41. The van der Waals surface area contributed by atoms with Crippen molar-refractivity contribution in [2.45, 2.75) is 13.5 Å². The molecular formula is C19H17Br3N4O4. The Morgan fingerprint density at radius 3 is 2.53 bits per heavy atom. The molecule has 0 aliphatic rings. The average molecular weight is 605 g/mol. The number of amides is 1. The van der Waals surface area contributed by atoms with Crippen LogP contribution in [0.5, 0.6) is 11.6 Å². The summed E-state index contributed by atoms with van der Waals surface area (Å²) in [4.78, 5) is 16.3. The van der Waals surface area contributed by atoms with Gasteiger partial charge in [0.15, 0.2) is 6.61 Å². The van der Waals surface area contributed by atoms with E-state index in [1.165, 1.54) is 13.3 Å². The zero-order valence-corrected chi connectivity index (χ0v) is 21.0. The lowest BCUT2D eigenvalue weighted by atomic mass is 10.1. The Labute approximate surface area is 199 Å². The minimum absolute atomic E-state index is 0.0624. The van der Waals surface area contributed by atoms with Gasteiger partial charge in [0.2, 0.25) is 5.88 Å². The number of carbonyl (C=O) groups excluding carboxylic acids is 1. The van der Waals surface area contributed by atoms with E-state index in [2.05, 4.69) is 63.3 Å². The number of benzene rings is 1. The van der Waals surface area contributed by atoms with Crippen LogP contribution in [0.15, 0.2) is 30.7 Å². The monoisotopic (exact) mass is 602 g/mol. The van der Waals surface area contributed by atoms with Crippen molar-refractivity contribution in [3.63, 3.8) is 0 Å². The van der Waals surface area contributed by atoms with E-state index in [-0.39, 0.29) is 24.7 Å². The van der Waals surface area contributed by atoms with Gasteiger partial charge in [0, 0.05) is 17.1 Å². The topological polar surface area (TPSA) is 106 Å². The van der Waals surface area contributed by atoms with Crippen molar-refractivity contribution in [3.05, 3.63) is 47.9 Å². The smallest absolute Gasteiger partial charge is 0.278 e. The van der Waals surface area contributed by atoms with Crippen LogP contribution in [0.3, 0.4) is 0 Å². The van der Waals surface area contributed by atoms with Crippen LogP contribution in [0.4, 0.5) is 0 Å². The van der Waals surface area contributed by atoms with Gasteiger partial charge in [-0.3, -0.25) is 4.79 Å². The molecule has 0 bridgehead atoms. The maximum atomic E-state index is 12.1. The second-order valence-corrected chi connectivity index (χ2v) is 8.32. The van der Waals surface area contributed by atoms with E-state index in [0.717, 1.165) is 14.5 Å². The number of nitrogens with one attached hydrogen (secondary N) is 1. The summed E-state index contributed by atoms with van der Waals surface area (Å²) in [5, 5.41) is 13.4. The predicted octanol–water partition coefficient (Wildman–Crippen LogP) is 4.23. The Morgan fingerprint density at radius 1 is 1.30 bits per heavy atom. The van der Waals surface area contributed by atoms with E-state index in [9.17, 15) is 10.1 Å². The zero-order valence-electron chi connectivity index (χ0n) is 16.3. The number of pyridine rings is 1. The van der Waals surface area contributed by atoms with Gasteiger partial charge in [0.25, 0.3) is 5.91 Å². The fraction of sp³-hybridized carbons (Fsp3) is 0.263. The predicted molar refractivity (Wildman–Crippen MR) is 122 cm³/mol. The van der Waals surface area contributed by atoms with Crippen molar-refractivity contribution in [1.29, 1.82) is 5.26 Å². The molecule has 1 heterocycles. The maximum absolute atomic E-state index is 12.1. The number of methoxy groups -OCH3 is 2. The van der Waals surface area contributed by atoms with Gasteiger partial charge in [-0.1, -0.05) is 0 Å². The number of carbonyl (C=O) groups is 1. The second kappa shape index (κ2) is 11.4. The fourth-order valence-corrected chi connectivity index (χ4v) is 4.36. The SMILES string of the molecule is COCc1c(Br)c(C)nc(OCC(=O)N/N=C/c2cc(Br)c(OC)c(Br)c2)c1C#N. The van der Waals surface area contributed by atoms with Crippen molar-refractivity contribution >= 4 is 59.9 Å². The molecule has 2 aromatic rings. The van der Waals surface area contributed by atoms with Gasteiger partial charge in [0.1, 0.15) is 17.4 Å². The molecule has 0 saturated carbocycles. The van der Waals surface area contributed by atoms with Gasteiger partial charge in [-0.2, -0.15) is 10.4 Å². The minimum atomic E-state index is -0.502. The Hall–Kier alpha value is -2.00. The number of aryl methyl sites for hydroxylation is 1. The van der Waals surface area contributed by atoms with Crippen LogP contribution in [0.2, 0.25) is 0 Å². The van der Waals surface area contributed by atoms with E-state index in [1.54, 1.807) is 26.2 Å². The van der Waals surface area contributed by atoms with Gasteiger partial charge < -0.3 is 14.2 Å². The van der Waals surface area contributed by atoms with Crippen molar-refractivity contribution in [3.8, 4) is 17.7 Å². The third kappa shape index (κ3) is 6.01. The van der Waals surface area contributed by atoms with Gasteiger partial charge in [-0.05, 0) is 72.4 Å². The molecule has 158 valence electrons.